The van der Waals surface area contributed by atoms with Gasteiger partial charge in [0.25, 0.3) is 12.1 Å². The van der Waals surface area contributed by atoms with Crippen molar-refractivity contribution in [2.24, 2.45) is 0 Å². The van der Waals surface area contributed by atoms with Gasteiger partial charge in [0, 0.05) is 6.07 Å². The number of benzene rings is 1. The molecule has 1 aromatic rings. The number of nitro groups is 2. The summed E-state index contributed by atoms with van der Waals surface area (Å²) in [4.78, 5) is 30.5. The second kappa shape index (κ2) is 8.17. The highest BCUT2D eigenvalue weighted by atomic mass is 32.2. The molecule has 0 heterocycles. The van der Waals surface area contributed by atoms with Crippen LogP contribution in [0.15, 0.2) is 17.0 Å². The largest absolute Gasteiger partial charge is 0.514 e. The first-order valence-corrected chi connectivity index (χ1v) is 6.53. The summed E-state index contributed by atoms with van der Waals surface area (Å²) < 4.78 is 44.4. The number of halogens is 3. The molecule has 0 saturated carbocycles. The lowest BCUT2D eigenvalue weighted by atomic mass is 10.2. The van der Waals surface area contributed by atoms with Gasteiger partial charge in [0.05, 0.1) is 20.8 Å². The lowest BCUT2D eigenvalue weighted by molar-refractivity contribution is -0.392. The van der Waals surface area contributed by atoms with Crippen LogP contribution in [0.2, 0.25) is 0 Å². The van der Waals surface area contributed by atoms with Gasteiger partial charge >= 0.3 is 11.8 Å². The summed E-state index contributed by atoms with van der Waals surface area (Å²) in [6.45, 7) is -1.31. The number of carbonyl (C=O) groups is 1. The van der Waals surface area contributed by atoms with Crippen LogP contribution in [0.3, 0.4) is 0 Å². The molecule has 1 aromatic carbocycles. The maximum Gasteiger partial charge on any atom is 0.514 e. The Labute approximate surface area is 129 Å². The first-order valence-electron chi connectivity index (χ1n) is 5.54. The van der Waals surface area contributed by atoms with E-state index in [4.69, 9.17) is 0 Å². The average molecular weight is 356 g/mol. The Morgan fingerprint density at radius 2 is 1.83 bits per heavy atom. The summed E-state index contributed by atoms with van der Waals surface area (Å²) in [7, 11) is 0. The molecule has 0 amide bonds. The molecule has 0 aliphatic heterocycles. The van der Waals surface area contributed by atoms with Gasteiger partial charge in [-0.3, -0.25) is 20.2 Å². The van der Waals surface area contributed by atoms with Gasteiger partial charge in [-0.25, -0.2) is 18.0 Å². The number of nitrogens with zero attached hydrogens (tertiary/aromatic N) is 2. The second-order valence-electron chi connectivity index (χ2n) is 3.61. The highest BCUT2D eigenvalue weighted by molar-refractivity contribution is 7.99. The van der Waals surface area contributed by atoms with Crippen molar-refractivity contribution in [3.63, 3.8) is 0 Å². The van der Waals surface area contributed by atoms with Crippen LogP contribution in [0, 0.1) is 20.2 Å². The van der Waals surface area contributed by atoms with E-state index in [-0.39, 0.29) is 4.90 Å². The Morgan fingerprint density at radius 1 is 1.22 bits per heavy atom. The third-order valence-corrected chi connectivity index (χ3v) is 2.91. The zero-order valence-corrected chi connectivity index (χ0v) is 11.8. The van der Waals surface area contributed by atoms with Crippen molar-refractivity contribution < 1.29 is 37.3 Å². The summed E-state index contributed by atoms with van der Waals surface area (Å²) in [5.74, 6) is -0.885. The minimum absolute atomic E-state index is 0.320. The molecule has 0 unspecified atom stereocenters. The van der Waals surface area contributed by atoms with E-state index < -0.39 is 52.2 Å². The molecule has 0 aliphatic carbocycles. The molecule has 0 saturated heterocycles. The van der Waals surface area contributed by atoms with Gasteiger partial charge in [0.15, 0.2) is 6.61 Å². The molecule has 0 bridgehead atoms. The van der Waals surface area contributed by atoms with Crippen molar-refractivity contribution in [3.05, 3.63) is 32.4 Å². The fourth-order valence-corrected chi connectivity index (χ4v) is 1.92. The molecule has 0 atom stereocenters. The van der Waals surface area contributed by atoms with Crippen LogP contribution in [0.4, 0.5) is 29.3 Å². The molecular weight excluding hydrogens is 349 g/mol. The van der Waals surface area contributed by atoms with E-state index in [2.05, 4.69) is 9.47 Å². The van der Waals surface area contributed by atoms with Gasteiger partial charge in [0.2, 0.25) is 5.75 Å². The van der Waals surface area contributed by atoms with Crippen LogP contribution < -0.4 is 4.74 Å². The van der Waals surface area contributed by atoms with Crippen LogP contribution in [-0.4, -0.2) is 35.0 Å². The van der Waals surface area contributed by atoms with Gasteiger partial charge < -0.3 is 9.47 Å². The van der Waals surface area contributed by atoms with E-state index in [0.29, 0.717) is 23.9 Å². The van der Waals surface area contributed by atoms with E-state index in [9.17, 15) is 38.2 Å². The van der Waals surface area contributed by atoms with Gasteiger partial charge in [-0.15, -0.1) is 0 Å². The molecule has 0 radical (unpaired) electrons. The van der Waals surface area contributed by atoms with Crippen LogP contribution >= 0.6 is 11.8 Å². The molecule has 126 valence electrons. The van der Waals surface area contributed by atoms with Crippen molar-refractivity contribution in [1.29, 1.82) is 0 Å². The summed E-state index contributed by atoms with van der Waals surface area (Å²) in [5.41, 5.74) is -1.64. The van der Waals surface area contributed by atoms with Crippen molar-refractivity contribution in [2.45, 2.75) is 11.3 Å². The Hall–Kier alpha value is -2.57. The number of nitro benzene ring substituents is 2. The highest BCUT2D eigenvalue weighted by Crippen LogP contribution is 2.39. The molecule has 0 aliphatic rings. The van der Waals surface area contributed by atoms with E-state index in [0.717, 1.165) is 0 Å². The van der Waals surface area contributed by atoms with Crippen molar-refractivity contribution in [1.82, 2.24) is 0 Å². The second-order valence-corrected chi connectivity index (χ2v) is 4.56. The predicted molar refractivity (Wildman–Crippen MR) is 69.6 cm³/mol. The van der Waals surface area contributed by atoms with Crippen LogP contribution in [0.1, 0.15) is 0 Å². The van der Waals surface area contributed by atoms with E-state index >= 15 is 0 Å². The normalized spacial score (nSPS) is 10.4. The fraction of sp³-hybridized carbons (Fsp3) is 0.300. The third kappa shape index (κ3) is 5.28. The molecule has 0 fully saturated rings. The minimum Gasteiger partial charge on any atom is -0.428 e. The number of carbonyl (C=O) groups excluding carboxylic acids is 1. The molecule has 0 spiro atoms. The van der Waals surface area contributed by atoms with Gasteiger partial charge in [0.1, 0.15) is 6.01 Å². The first-order chi connectivity index (χ1) is 10.8. The van der Waals surface area contributed by atoms with Crippen LogP contribution in [0.5, 0.6) is 5.75 Å². The highest BCUT2D eigenvalue weighted by Gasteiger charge is 2.27. The number of ether oxygens (including phenoxy) is 2. The average Bonchev–Trinajstić information content (AvgIpc) is 2.46. The number of hydrogen-bond donors (Lipinski definition) is 0. The molecule has 0 N–H and O–H groups in total. The van der Waals surface area contributed by atoms with E-state index in [1.165, 1.54) is 0 Å². The molecule has 23 heavy (non-hydrogen) atoms. The van der Waals surface area contributed by atoms with E-state index in [1.54, 1.807) is 0 Å². The minimum atomic E-state index is -2.99. The molecular formula is C10H7F3N2O7S. The van der Waals surface area contributed by atoms with Gasteiger partial charge in [-0.05, 0) is 0 Å². The smallest absolute Gasteiger partial charge is 0.428 e. The molecule has 9 nitrogen and oxygen atoms in total. The van der Waals surface area contributed by atoms with E-state index in [1.807, 2.05) is 0 Å². The molecule has 1 rings (SSSR count). The van der Waals surface area contributed by atoms with Crippen molar-refractivity contribution >= 4 is 29.3 Å². The van der Waals surface area contributed by atoms with Crippen molar-refractivity contribution in [2.75, 3.05) is 12.6 Å². The van der Waals surface area contributed by atoms with Crippen LogP contribution in [0.25, 0.3) is 0 Å². The maximum atomic E-state index is 12.3. The molecule has 0 aromatic heterocycles. The maximum absolute atomic E-state index is 12.3. The zero-order valence-electron chi connectivity index (χ0n) is 10.9. The standard InChI is InChI=1S/C10H7F3N2O7S/c11-4-23-8-2-5(14(17)18)7(1-6(8)15(19)20)22-10(16)21-3-9(12)13/h1-2,9H,3-4H2. The Kier molecular flexibility index (Phi) is 6.56. The summed E-state index contributed by atoms with van der Waals surface area (Å²) in [6.07, 6.45) is -4.69. The monoisotopic (exact) mass is 356 g/mol. The Morgan fingerprint density at radius 3 is 2.30 bits per heavy atom. The zero-order chi connectivity index (χ0) is 17.6. The number of rotatable bonds is 7. The number of thioether (sulfide) groups is 1. The summed E-state index contributed by atoms with van der Waals surface area (Å²) in [6, 6.07) is 0.0620. The van der Waals surface area contributed by atoms with Crippen LogP contribution in [-0.2, 0) is 4.74 Å². The summed E-state index contributed by atoms with van der Waals surface area (Å²) >= 11 is 0.320. The topological polar surface area (TPSA) is 122 Å². The lowest BCUT2D eigenvalue weighted by Gasteiger charge is -2.07. The first kappa shape index (κ1) is 18.5. The SMILES string of the molecule is O=C(OCC(F)F)Oc1cc([N+](=O)[O-])c(SCF)cc1[N+](=O)[O-]. The third-order valence-electron chi connectivity index (χ3n) is 2.16. The molecule has 13 heteroatoms. The predicted octanol–water partition coefficient (Wildman–Crippen LogP) is 3.30. The van der Waals surface area contributed by atoms with Crippen molar-refractivity contribution in [3.8, 4) is 5.75 Å². The Bertz CT molecular complexity index is 629. The van der Waals surface area contributed by atoms with Gasteiger partial charge in [-0.1, -0.05) is 11.8 Å². The fourth-order valence-electron chi connectivity index (χ4n) is 1.33. The number of alkyl halides is 3. The number of hydrogen-bond acceptors (Lipinski definition) is 8. The Balaban J connectivity index is 3.18. The summed E-state index contributed by atoms with van der Waals surface area (Å²) in [5, 5.41) is 21.7. The lowest BCUT2D eigenvalue weighted by Crippen LogP contribution is -2.16. The quantitative estimate of drug-likeness (QED) is 0.240. The van der Waals surface area contributed by atoms with Gasteiger partial charge in [-0.2, -0.15) is 0 Å².